The third-order valence-corrected chi connectivity index (χ3v) is 6.75. The molecule has 3 N–H and O–H groups in total. The molecule has 0 aliphatic rings. The van der Waals surface area contributed by atoms with Gasteiger partial charge < -0.3 is 14.9 Å². The molecule has 0 aromatic carbocycles. The molecule has 0 spiro atoms. The lowest BCUT2D eigenvalue weighted by Crippen LogP contribution is -2.16. The molecule has 170 valence electrons. The predicted octanol–water partition coefficient (Wildman–Crippen LogP) is 6.31. The van der Waals surface area contributed by atoms with E-state index >= 15 is 0 Å². The minimum atomic E-state index is -4.43. The van der Waals surface area contributed by atoms with Crippen molar-refractivity contribution in [2.45, 2.75) is 103 Å². The fourth-order valence-electron chi connectivity index (χ4n) is 3.18. The van der Waals surface area contributed by atoms with Crippen molar-refractivity contribution in [1.29, 1.82) is 0 Å². The molecule has 5 nitrogen and oxygen atoms in total. The van der Waals surface area contributed by atoms with E-state index in [4.69, 9.17) is 9.79 Å². The fraction of sp³-hybridized carbons (Fsp3) is 1.00. The van der Waals surface area contributed by atoms with Gasteiger partial charge in [0, 0.05) is 18.3 Å². The van der Waals surface area contributed by atoms with Crippen molar-refractivity contribution < 1.29 is 24.0 Å². The van der Waals surface area contributed by atoms with Gasteiger partial charge in [0.2, 0.25) is 0 Å². The van der Waals surface area contributed by atoms with E-state index in [9.17, 15) is 9.67 Å². The highest BCUT2D eigenvalue weighted by molar-refractivity contribution is 7.99. The highest BCUT2D eigenvalue weighted by Gasteiger charge is 2.17. The van der Waals surface area contributed by atoms with Gasteiger partial charge in [0.15, 0.2) is 0 Å². The summed E-state index contributed by atoms with van der Waals surface area (Å²) < 4.78 is 15.1. The molecule has 0 rings (SSSR count). The van der Waals surface area contributed by atoms with Crippen LogP contribution < -0.4 is 0 Å². The number of rotatable bonds is 22. The Hall–Kier alpha value is 0.420. The second kappa shape index (κ2) is 20.7. The molecular formula is C21H45O5PS. The molecule has 0 amide bonds. The van der Waals surface area contributed by atoms with Crippen LogP contribution in [-0.4, -0.2) is 39.6 Å². The quantitative estimate of drug-likeness (QED) is 0.135. The number of thioether (sulfide) groups is 1. The van der Waals surface area contributed by atoms with Crippen molar-refractivity contribution in [3.05, 3.63) is 0 Å². The minimum absolute atomic E-state index is 0.0906. The lowest BCUT2D eigenvalue weighted by atomic mass is 10.0. The van der Waals surface area contributed by atoms with Crippen LogP contribution in [0.4, 0.5) is 0 Å². The smallest absolute Gasteiger partial charge is 0.396 e. The second-order valence-corrected chi connectivity index (χ2v) is 10.2. The van der Waals surface area contributed by atoms with Crippen LogP contribution in [0.25, 0.3) is 0 Å². The summed E-state index contributed by atoms with van der Waals surface area (Å²) in [6, 6.07) is 0. The molecule has 1 unspecified atom stereocenters. The molecular weight excluding hydrogens is 395 g/mol. The average molecular weight is 441 g/mol. The molecule has 0 bridgehead atoms. The van der Waals surface area contributed by atoms with Gasteiger partial charge >= 0.3 is 7.82 Å². The van der Waals surface area contributed by atoms with Crippen molar-refractivity contribution in [3.63, 3.8) is 0 Å². The minimum Gasteiger partial charge on any atom is -0.396 e. The largest absolute Gasteiger partial charge is 0.469 e. The molecule has 28 heavy (non-hydrogen) atoms. The van der Waals surface area contributed by atoms with Crippen molar-refractivity contribution in [3.8, 4) is 0 Å². The van der Waals surface area contributed by atoms with Gasteiger partial charge in [0.1, 0.15) is 0 Å². The number of phosphoric acid groups is 1. The van der Waals surface area contributed by atoms with E-state index in [2.05, 4.69) is 11.4 Å². The number of aliphatic hydroxyl groups is 1. The highest BCUT2D eigenvalue weighted by Crippen LogP contribution is 2.36. The van der Waals surface area contributed by atoms with Crippen molar-refractivity contribution in [2.24, 2.45) is 5.92 Å². The first-order valence-electron chi connectivity index (χ1n) is 11.4. The van der Waals surface area contributed by atoms with Crippen LogP contribution in [0.5, 0.6) is 0 Å². The van der Waals surface area contributed by atoms with Gasteiger partial charge in [-0.05, 0) is 12.2 Å². The van der Waals surface area contributed by atoms with E-state index in [1.54, 1.807) is 11.8 Å². The summed E-state index contributed by atoms with van der Waals surface area (Å²) in [6.45, 7) is 2.07. The SMILES string of the molecule is CCCCCCCCCCCCCCCCCSCC(CO)COP(=O)(O)O. The summed E-state index contributed by atoms with van der Waals surface area (Å²) in [4.78, 5) is 17.4. The van der Waals surface area contributed by atoms with Crippen LogP contribution in [0.3, 0.4) is 0 Å². The predicted molar refractivity (Wildman–Crippen MR) is 121 cm³/mol. The van der Waals surface area contributed by atoms with Crippen molar-refractivity contribution >= 4 is 19.6 Å². The zero-order valence-corrected chi connectivity index (χ0v) is 19.7. The standard InChI is InChI=1S/C21H45O5PS/c1-2-3-4-5-6-7-8-9-10-11-12-13-14-15-16-17-28-20-21(18-22)19-26-27(23,24)25/h21-22H,2-20H2,1H3,(H2,23,24,25). The number of phosphoric ester groups is 1. The molecule has 0 aromatic rings. The lowest BCUT2D eigenvalue weighted by Gasteiger charge is -2.14. The molecule has 0 fully saturated rings. The summed E-state index contributed by atoms with van der Waals surface area (Å²) in [5.74, 6) is 1.49. The van der Waals surface area contributed by atoms with Gasteiger partial charge in [-0.25, -0.2) is 4.57 Å². The summed E-state index contributed by atoms with van der Waals surface area (Å²) in [5.41, 5.74) is 0. The van der Waals surface area contributed by atoms with Gasteiger partial charge in [-0.3, -0.25) is 4.52 Å². The first-order valence-corrected chi connectivity index (χ1v) is 14.1. The third kappa shape index (κ3) is 22.7. The Morgan fingerprint density at radius 1 is 0.786 bits per heavy atom. The van der Waals surface area contributed by atoms with Crippen LogP contribution in [0.1, 0.15) is 103 Å². The molecule has 0 aromatic heterocycles. The molecule has 0 aliphatic carbocycles. The monoisotopic (exact) mass is 440 g/mol. The van der Waals surface area contributed by atoms with E-state index in [1.807, 2.05) is 0 Å². The number of aliphatic hydroxyl groups excluding tert-OH is 1. The normalized spacial score (nSPS) is 13.1. The number of hydrogen-bond acceptors (Lipinski definition) is 4. The van der Waals surface area contributed by atoms with E-state index in [1.165, 1.54) is 96.3 Å². The zero-order chi connectivity index (χ0) is 20.9. The molecule has 0 aliphatic heterocycles. The van der Waals surface area contributed by atoms with Gasteiger partial charge in [-0.2, -0.15) is 11.8 Å². The van der Waals surface area contributed by atoms with Crippen LogP contribution in [0, 0.1) is 5.92 Å². The lowest BCUT2D eigenvalue weighted by molar-refractivity contribution is 0.139. The van der Waals surface area contributed by atoms with Crippen molar-refractivity contribution in [1.82, 2.24) is 0 Å². The Morgan fingerprint density at radius 3 is 1.61 bits per heavy atom. The van der Waals surface area contributed by atoms with Gasteiger partial charge in [0.05, 0.1) is 6.61 Å². The molecule has 7 heteroatoms. The maximum absolute atomic E-state index is 10.7. The Labute approximate surface area is 177 Å². The zero-order valence-electron chi connectivity index (χ0n) is 18.0. The second-order valence-electron chi connectivity index (χ2n) is 7.86. The Bertz CT molecular complexity index is 365. The first kappa shape index (κ1) is 28.4. The summed E-state index contributed by atoms with van der Waals surface area (Å²) >= 11 is 1.73. The topological polar surface area (TPSA) is 87.0 Å². The molecule has 0 saturated carbocycles. The van der Waals surface area contributed by atoms with Crippen LogP contribution in [-0.2, 0) is 9.09 Å². The number of unbranched alkanes of at least 4 members (excludes halogenated alkanes) is 14. The molecule has 1 atom stereocenters. The fourth-order valence-corrected chi connectivity index (χ4v) is 4.70. The van der Waals surface area contributed by atoms with Crippen molar-refractivity contribution in [2.75, 3.05) is 24.7 Å². The van der Waals surface area contributed by atoms with Crippen LogP contribution >= 0.6 is 19.6 Å². The molecule has 0 saturated heterocycles. The van der Waals surface area contributed by atoms with Crippen LogP contribution in [0.15, 0.2) is 0 Å². The van der Waals surface area contributed by atoms with E-state index < -0.39 is 7.82 Å². The Morgan fingerprint density at radius 2 is 1.21 bits per heavy atom. The summed E-state index contributed by atoms with van der Waals surface area (Å²) in [6.07, 6.45) is 20.4. The van der Waals surface area contributed by atoms with E-state index in [-0.39, 0.29) is 19.1 Å². The maximum Gasteiger partial charge on any atom is 0.469 e. The van der Waals surface area contributed by atoms with Crippen LogP contribution in [0.2, 0.25) is 0 Å². The van der Waals surface area contributed by atoms with E-state index in [0.717, 1.165) is 5.75 Å². The summed E-state index contributed by atoms with van der Waals surface area (Å²) in [7, 11) is -4.43. The third-order valence-electron chi connectivity index (χ3n) is 4.98. The average Bonchev–Trinajstić information content (AvgIpc) is 2.65. The molecule has 0 radical (unpaired) electrons. The number of hydrogen-bond donors (Lipinski definition) is 3. The Balaban J connectivity index is 3.24. The Kier molecular flexibility index (Phi) is 21.0. The maximum atomic E-state index is 10.7. The van der Waals surface area contributed by atoms with Gasteiger partial charge in [0.25, 0.3) is 0 Å². The van der Waals surface area contributed by atoms with Gasteiger partial charge in [-0.1, -0.05) is 96.8 Å². The highest BCUT2D eigenvalue weighted by atomic mass is 32.2. The van der Waals surface area contributed by atoms with Gasteiger partial charge in [-0.15, -0.1) is 0 Å². The van der Waals surface area contributed by atoms with E-state index in [0.29, 0.717) is 5.75 Å². The first-order chi connectivity index (χ1) is 13.5. The summed E-state index contributed by atoms with van der Waals surface area (Å²) in [5, 5.41) is 9.21. The molecule has 0 heterocycles.